The third-order valence-corrected chi connectivity index (χ3v) is 5.36. The number of thiophene rings is 1. The van der Waals surface area contributed by atoms with Crippen molar-refractivity contribution in [2.75, 3.05) is 12.5 Å². The molecular formula is C13H14N2OS3. The van der Waals surface area contributed by atoms with Gasteiger partial charge in [-0.15, -0.1) is 11.3 Å². The maximum Gasteiger partial charge on any atom is 0.139 e. The zero-order valence-electron chi connectivity index (χ0n) is 10.3. The zero-order chi connectivity index (χ0) is 13.1. The van der Waals surface area contributed by atoms with E-state index in [1.807, 2.05) is 12.1 Å². The molecule has 0 saturated carbocycles. The Balaban J connectivity index is 1.62. The van der Waals surface area contributed by atoms with Gasteiger partial charge in [-0.3, -0.25) is 4.90 Å². The van der Waals surface area contributed by atoms with E-state index in [1.165, 1.54) is 4.88 Å². The summed E-state index contributed by atoms with van der Waals surface area (Å²) in [6, 6.07) is 8.19. The smallest absolute Gasteiger partial charge is 0.139 e. The van der Waals surface area contributed by atoms with E-state index in [2.05, 4.69) is 27.3 Å². The lowest BCUT2D eigenvalue weighted by Gasteiger charge is -2.35. The van der Waals surface area contributed by atoms with Gasteiger partial charge in [0, 0.05) is 11.4 Å². The molecule has 2 aromatic rings. The quantitative estimate of drug-likeness (QED) is 0.802. The van der Waals surface area contributed by atoms with Crippen molar-refractivity contribution >= 4 is 39.6 Å². The molecule has 3 nitrogen and oxygen atoms in total. The topological polar surface area (TPSA) is 19.6 Å². The van der Waals surface area contributed by atoms with Gasteiger partial charge < -0.3 is 9.32 Å². The number of rotatable bonds is 4. The van der Waals surface area contributed by atoms with E-state index in [0.717, 1.165) is 35.7 Å². The molecule has 6 heteroatoms. The molecule has 0 unspecified atom stereocenters. The molecular weight excluding hydrogens is 296 g/mol. The van der Waals surface area contributed by atoms with Gasteiger partial charge in [-0.2, -0.15) is 0 Å². The lowest BCUT2D eigenvalue weighted by atomic mass is 10.4. The fraction of sp³-hybridized carbons (Fsp3) is 0.308. The van der Waals surface area contributed by atoms with Crippen molar-refractivity contribution in [3.05, 3.63) is 46.5 Å². The largest absolute Gasteiger partial charge is 0.467 e. The van der Waals surface area contributed by atoms with Crippen molar-refractivity contribution < 1.29 is 4.42 Å². The Kier molecular flexibility index (Phi) is 4.22. The first-order chi connectivity index (χ1) is 9.31. The van der Waals surface area contributed by atoms with E-state index >= 15 is 0 Å². The molecule has 0 aliphatic carbocycles. The molecule has 0 N–H and O–H groups in total. The monoisotopic (exact) mass is 310 g/mol. The molecule has 3 heterocycles. The molecule has 0 bridgehead atoms. The van der Waals surface area contributed by atoms with Gasteiger partial charge in [0.25, 0.3) is 0 Å². The summed E-state index contributed by atoms with van der Waals surface area (Å²) in [6.07, 6.45) is 1.71. The third kappa shape index (κ3) is 3.39. The van der Waals surface area contributed by atoms with Crippen LogP contribution in [0.4, 0.5) is 0 Å². The summed E-state index contributed by atoms with van der Waals surface area (Å²) >= 11 is 8.95. The van der Waals surface area contributed by atoms with Gasteiger partial charge in [0.15, 0.2) is 0 Å². The highest BCUT2D eigenvalue weighted by Gasteiger charge is 2.22. The summed E-state index contributed by atoms with van der Waals surface area (Å²) < 4.78 is 6.36. The van der Waals surface area contributed by atoms with Crippen LogP contribution >= 0.6 is 35.3 Å². The molecule has 1 aliphatic heterocycles. The average Bonchev–Trinajstić information content (AvgIpc) is 3.07. The second-order valence-electron chi connectivity index (χ2n) is 4.37. The van der Waals surface area contributed by atoms with Crippen molar-refractivity contribution in [1.29, 1.82) is 0 Å². The summed E-state index contributed by atoms with van der Waals surface area (Å²) in [7, 11) is 0. The van der Waals surface area contributed by atoms with Crippen LogP contribution in [0.15, 0.2) is 40.3 Å². The Labute approximate surface area is 126 Å². The predicted octanol–water partition coefficient (Wildman–Crippen LogP) is 3.59. The Morgan fingerprint density at radius 1 is 1.26 bits per heavy atom. The van der Waals surface area contributed by atoms with Crippen LogP contribution in [0, 0.1) is 0 Å². The lowest BCUT2D eigenvalue weighted by Crippen LogP contribution is -2.43. The Bertz CT molecular complexity index is 524. The van der Waals surface area contributed by atoms with Crippen LogP contribution in [-0.2, 0) is 13.1 Å². The van der Waals surface area contributed by atoms with Gasteiger partial charge in [-0.25, -0.2) is 0 Å². The molecule has 100 valence electrons. The number of thioether (sulfide) groups is 1. The number of thiocarbonyl (C=S) groups is 1. The van der Waals surface area contributed by atoms with Crippen molar-refractivity contribution in [2.45, 2.75) is 13.1 Å². The average molecular weight is 310 g/mol. The first-order valence-electron chi connectivity index (χ1n) is 6.00. The van der Waals surface area contributed by atoms with Gasteiger partial charge in [-0.05, 0) is 23.6 Å². The highest BCUT2D eigenvalue weighted by Crippen LogP contribution is 2.23. The highest BCUT2D eigenvalue weighted by atomic mass is 32.2. The van der Waals surface area contributed by atoms with Gasteiger partial charge >= 0.3 is 0 Å². The van der Waals surface area contributed by atoms with Crippen LogP contribution in [0.5, 0.6) is 0 Å². The van der Waals surface area contributed by atoms with E-state index in [1.54, 1.807) is 29.4 Å². The van der Waals surface area contributed by atoms with Crippen LogP contribution in [0.2, 0.25) is 0 Å². The number of furan rings is 1. The minimum Gasteiger partial charge on any atom is -0.467 e. The maximum absolute atomic E-state index is 5.42. The van der Waals surface area contributed by atoms with Crippen molar-refractivity contribution in [3.63, 3.8) is 0 Å². The fourth-order valence-electron chi connectivity index (χ4n) is 2.00. The Hall–Kier alpha value is -0.820. The minimum absolute atomic E-state index is 0.750. The normalized spacial score (nSPS) is 17.1. The molecule has 0 aromatic carbocycles. The van der Waals surface area contributed by atoms with Crippen LogP contribution in [0.1, 0.15) is 10.6 Å². The molecule has 2 aromatic heterocycles. The van der Waals surface area contributed by atoms with Crippen LogP contribution < -0.4 is 0 Å². The Morgan fingerprint density at radius 2 is 2.21 bits per heavy atom. The van der Waals surface area contributed by atoms with E-state index in [9.17, 15) is 0 Å². The minimum atomic E-state index is 0.750. The molecule has 0 atom stereocenters. The lowest BCUT2D eigenvalue weighted by molar-refractivity contribution is 0.194. The summed E-state index contributed by atoms with van der Waals surface area (Å²) in [5, 5.41) is 2.12. The highest BCUT2D eigenvalue weighted by molar-refractivity contribution is 8.22. The Morgan fingerprint density at radius 3 is 2.95 bits per heavy atom. The zero-order valence-corrected chi connectivity index (χ0v) is 12.8. The van der Waals surface area contributed by atoms with E-state index in [-0.39, 0.29) is 0 Å². The van der Waals surface area contributed by atoms with Gasteiger partial charge in [0.2, 0.25) is 0 Å². The first kappa shape index (κ1) is 13.2. The van der Waals surface area contributed by atoms with E-state index < -0.39 is 0 Å². The molecule has 3 rings (SSSR count). The van der Waals surface area contributed by atoms with Crippen LogP contribution in [0.3, 0.4) is 0 Å². The fourth-order valence-corrected chi connectivity index (χ4v) is 3.80. The SMILES string of the molecule is S=C1SCN(Cc2cccs2)CN1Cc1ccco1. The number of nitrogens with zero attached hydrogens (tertiary/aromatic N) is 2. The van der Waals surface area contributed by atoms with E-state index in [0.29, 0.717) is 0 Å². The first-order valence-corrected chi connectivity index (χ1v) is 8.27. The van der Waals surface area contributed by atoms with Crippen LogP contribution in [-0.4, -0.2) is 26.7 Å². The van der Waals surface area contributed by atoms with Gasteiger partial charge in [0.1, 0.15) is 10.1 Å². The molecule has 19 heavy (non-hydrogen) atoms. The summed E-state index contributed by atoms with van der Waals surface area (Å²) in [4.78, 5) is 5.98. The standard InChI is InChI=1S/C13H14N2OS3/c17-13-15(7-11-3-1-5-16-11)9-14(10-19-13)8-12-4-2-6-18-12/h1-6H,7-10H2. The molecule has 1 aliphatic rings. The molecule has 0 radical (unpaired) electrons. The molecule has 1 saturated heterocycles. The number of hydrogen-bond donors (Lipinski definition) is 0. The summed E-state index contributed by atoms with van der Waals surface area (Å²) in [6.45, 7) is 2.60. The summed E-state index contributed by atoms with van der Waals surface area (Å²) in [5.41, 5.74) is 0. The molecule has 1 fully saturated rings. The van der Waals surface area contributed by atoms with Crippen molar-refractivity contribution in [1.82, 2.24) is 9.80 Å². The molecule has 0 spiro atoms. The second kappa shape index (κ2) is 6.09. The predicted molar refractivity (Wildman–Crippen MR) is 84.0 cm³/mol. The number of hydrogen-bond acceptors (Lipinski definition) is 5. The van der Waals surface area contributed by atoms with Crippen LogP contribution in [0.25, 0.3) is 0 Å². The second-order valence-corrected chi connectivity index (χ2v) is 6.98. The van der Waals surface area contributed by atoms with Gasteiger partial charge in [0.05, 0.1) is 25.4 Å². The van der Waals surface area contributed by atoms with Crippen molar-refractivity contribution in [3.8, 4) is 0 Å². The van der Waals surface area contributed by atoms with E-state index in [4.69, 9.17) is 16.6 Å². The summed E-state index contributed by atoms with van der Waals surface area (Å²) in [5.74, 6) is 1.92. The van der Waals surface area contributed by atoms with Gasteiger partial charge in [-0.1, -0.05) is 30.0 Å². The van der Waals surface area contributed by atoms with Crippen molar-refractivity contribution in [2.24, 2.45) is 0 Å². The maximum atomic E-state index is 5.42. The third-order valence-electron chi connectivity index (χ3n) is 2.89. The molecule has 0 amide bonds.